The van der Waals surface area contributed by atoms with E-state index in [0.29, 0.717) is 13.0 Å². The van der Waals surface area contributed by atoms with Crippen LogP contribution in [-0.4, -0.2) is 18.3 Å². The van der Waals surface area contributed by atoms with E-state index in [9.17, 15) is 4.79 Å². The summed E-state index contributed by atoms with van der Waals surface area (Å²) in [5.74, 6) is -0.554. The van der Waals surface area contributed by atoms with Gasteiger partial charge in [0.15, 0.2) is 0 Å². The van der Waals surface area contributed by atoms with Crippen molar-refractivity contribution in [2.45, 2.75) is 40.5 Å². The minimum absolute atomic E-state index is 0.247. The Morgan fingerprint density at radius 1 is 1.18 bits per heavy atom. The molecule has 0 radical (unpaired) electrons. The van der Waals surface area contributed by atoms with Crippen molar-refractivity contribution in [2.75, 3.05) is 6.61 Å². The fourth-order valence-electron chi connectivity index (χ4n) is 1.62. The van der Waals surface area contributed by atoms with Gasteiger partial charge in [-0.3, -0.25) is 10.2 Å². The molecule has 0 spiro atoms. The molecular formula is C19H27NO2. The number of ketones is 1. The monoisotopic (exact) mass is 301 g/mol. The van der Waals surface area contributed by atoms with E-state index in [0.717, 1.165) is 16.7 Å². The number of carbonyl (C=O) groups excluding carboxylic acids is 1. The van der Waals surface area contributed by atoms with Crippen molar-refractivity contribution < 1.29 is 9.53 Å². The van der Waals surface area contributed by atoms with Crippen molar-refractivity contribution in [3.63, 3.8) is 0 Å². The zero-order chi connectivity index (χ0) is 17.1. The molecule has 0 rings (SSSR count). The Balaban J connectivity index is 4.97. The van der Waals surface area contributed by atoms with Gasteiger partial charge in [0.05, 0.1) is 6.61 Å². The largest absolute Gasteiger partial charge is 0.476 e. The summed E-state index contributed by atoms with van der Waals surface area (Å²) < 4.78 is 4.91. The fourth-order valence-corrected chi connectivity index (χ4v) is 1.62. The van der Waals surface area contributed by atoms with E-state index in [1.807, 2.05) is 39.0 Å². The van der Waals surface area contributed by atoms with Crippen molar-refractivity contribution >= 4 is 11.7 Å². The SMILES string of the molecule is C=CC(=CC(C=CC(=C)C)=C(C)C)CCC(=O)C(=N)OCC. The van der Waals surface area contributed by atoms with Gasteiger partial charge in [0.2, 0.25) is 11.7 Å². The number of hydrogen-bond acceptors (Lipinski definition) is 3. The maximum absolute atomic E-state index is 11.7. The van der Waals surface area contributed by atoms with E-state index in [1.165, 1.54) is 5.57 Å². The minimum atomic E-state index is -0.286. The zero-order valence-corrected chi connectivity index (χ0v) is 14.2. The molecule has 0 aromatic heterocycles. The minimum Gasteiger partial charge on any atom is -0.476 e. The van der Waals surface area contributed by atoms with Gasteiger partial charge < -0.3 is 4.74 Å². The summed E-state index contributed by atoms with van der Waals surface area (Å²) >= 11 is 0. The number of nitrogens with one attached hydrogen (secondary N) is 1. The third-order valence-corrected chi connectivity index (χ3v) is 2.91. The molecule has 0 heterocycles. The Morgan fingerprint density at radius 3 is 2.27 bits per heavy atom. The first-order chi connectivity index (χ1) is 10.3. The lowest BCUT2D eigenvalue weighted by Gasteiger charge is -2.06. The van der Waals surface area contributed by atoms with Gasteiger partial charge in [0, 0.05) is 6.42 Å². The predicted molar refractivity (Wildman–Crippen MR) is 94.2 cm³/mol. The van der Waals surface area contributed by atoms with Gasteiger partial charge in [-0.2, -0.15) is 0 Å². The highest BCUT2D eigenvalue weighted by molar-refractivity contribution is 6.34. The Kier molecular flexibility index (Phi) is 9.51. The predicted octanol–water partition coefficient (Wildman–Crippen LogP) is 4.93. The van der Waals surface area contributed by atoms with Crippen LogP contribution in [0.2, 0.25) is 0 Å². The molecule has 0 atom stereocenters. The molecule has 3 heteroatoms. The molecule has 0 aromatic rings. The second kappa shape index (κ2) is 10.6. The second-order valence-corrected chi connectivity index (χ2v) is 5.24. The summed E-state index contributed by atoms with van der Waals surface area (Å²) in [5, 5.41) is 7.47. The molecule has 120 valence electrons. The van der Waals surface area contributed by atoms with Gasteiger partial charge in [-0.25, -0.2) is 0 Å². The van der Waals surface area contributed by atoms with Crippen LogP contribution in [0.4, 0.5) is 0 Å². The summed E-state index contributed by atoms with van der Waals surface area (Å²) in [7, 11) is 0. The molecule has 0 saturated carbocycles. The molecule has 0 unspecified atom stereocenters. The number of hydrogen-bond donors (Lipinski definition) is 1. The van der Waals surface area contributed by atoms with Crippen LogP contribution in [-0.2, 0) is 9.53 Å². The van der Waals surface area contributed by atoms with Crippen molar-refractivity contribution in [3.8, 4) is 0 Å². The van der Waals surface area contributed by atoms with Crippen LogP contribution < -0.4 is 0 Å². The second-order valence-electron chi connectivity index (χ2n) is 5.24. The summed E-state index contributed by atoms with van der Waals surface area (Å²) in [6.45, 7) is 15.7. The number of Topliss-reactive ketones (excluding diaryl/α,β-unsaturated/α-hetero) is 1. The van der Waals surface area contributed by atoms with Crippen molar-refractivity contribution in [1.82, 2.24) is 0 Å². The maximum atomic E-state index is 11.7. The molecule has 0 aliphatic heterocycles. The van der Waals surface area contributed by atoms with Gasteiger partial charge in [-0.15, -0.1) is 0 Å². The first kappa shape index (κ1) is 19.8. The molecule has 0 aliphatic carbocycles. The third kappa shape index (κ3) is 8.20. The molecular weight excluding hydrogens is 274 g/mol. The Morgan fingerprint density at radius 2 is 1.82 bits per heavy atom. The quantitative estimate of drug-likeness (QED) is 0.373. The first-order valence-electron chi connectivity index (χ1n) is 7.40. The van der Waals surface area contributed by atoms with Crippen LogP contribution in [0, 0.1) is 5.41 Å². The van der Waals surface area contributed by atoms with Gasteiger partial charge in [0.1, 0.15) is 0 Å². The van der Waals surface area contributed by atoms with Crippen molar-refractivity contribution in [3.05, 3.63) is 59.8 Å². The van der Waals surface area contributed by atoms with Crippen molar-refractivity contribution in [1.29, 1.82) is 5.41 Å². The van der Waals surface area contributed by atoms with Crippen molar-refractivity contribution in [2.24, 2.45) is 0 Å². The van der Waals surface area contributed by atoms with Crippen LogP contribution >= 0.6 is 0 Å². The highest BCUT2D eigenvalue weighted by atomic mass is 16.5. The van der Waals surface area contributed by atoms with Gasteiger partial charge in [0.25, 0.3) is 0 Å². The smallest absolute Gasteiger partial charge is 0.250 e. The maximum Gasteiger partial charge on any atom is 0.250 e. The van der Waals surface area contributed by atoms with Crippen LogP contribution in [0.15, 0.2) is 59.8 Å². The normalized spacial score (nSPS) is 11.2. The van der Waals surface area contributed by atoms with E-state index < -0.39 is 0 Å². The van der Waals surface area contributed by atoms with Crippen LogP contribution in [0.1, 0.15) is 40.5 Å². The topological polar surface area (TPSA) is 50.2 Å². The number of ether oxygens (including phenoxy) is 1. The average molecular weight is 301 g/mol. The molecule has 0 amide bonds. The first-order valence-corrected chi connectivity index (χ1v) is 7.40. The molecule has 0 aromatic carbocycles. The lowest BCUT2D eigenvalue weighted by Crippen LogP contribution is -2.16. The summed E-state index contributed by atoms with van der Waals surface area (Å²) in [6, 6.07) is 0. The molecule has 0 fully saturated rings. The zero-order valence-electron chi connectivity index (χ0n) is 14.2. The number of carbonyl (C=O) groups is 1. The summed E-state index contributed by atoms with van der Waals surface area (Å²) in [6.07, 6.45) is 8.50. The van der Waals surface area contributed by atoms with Gasteiger partial charge >= 0.3 is 0 Å². The highest BCUT2D eigenvalue weighted by Gasteiger charge is 2.10. The number of rotatable bonds is 9. The molecule has 0 aliphatic rings. The molecule has 0 saturated heterocycles. The molecule has 22 heavy (non-hydrogen) atoms. The average Bonchev–Trinajstić information content (AvgIpc) is 2.45. The Hall–Kier alpha value is -2.16. The molecule has 1 N–H and O–H groups in total. The van der Waals surface area contributed by atoms with E-state index in [1.54, 1.807) is 13.0 Å². The molecule has 3 nitrogen and oxygen atoms in total. The van der Waals surface area contributed by atoms with Crippen LogP contribution in [0.3, 0.4) is 0 Å². The van der Waals surface area contributed by atoms with Crippen LogP contribution in [0.25, 0.3) is 0 Å². The summed E-state index contributed by atoms with van der Waals surface area (Å²) in [4.78, 5) is 11.7. The highest BCUT2D eigenvalue weighted by Crippen LogP contribution is 2.15. The third-order valence-electron chi connectivity index (χ3n) is 2.91. The number of allylic oxidation sites excluding steroid dienone is 8. The summed E-state index contributed by atoms with van der Waals surface area (Å²) in [5.41, 5.74) is 4.18. The van der Waals surface area contributed by atoms with E-state index in [-0.39, 0.29) is 18.1 Å². The van der Waals surface area contributed by atoms with E-state index in [4.69, 9.17) is 10.1 Å². The van der Waals surface area contributed by atoms with Gasteiger partial charge in [-0.1, -0.05) is 48.6 Å². The van der Waals surface area contributed by atoms with Crippen LogP contribution in [0.5, 0.6) is 0 Å². The van der Waals surface area contributed by atoms with E-state index >= 15 is 0 Å². The lowest BCUT2D eigenvalue weighted by atomic mass is 10.0. The Bertz CT molecular complexity index is 530. The standard InChI is InChI=1S/C19H27NO2/c1-7-16(10-12-18(21)19(20)22-8-2)13-17(15(5)6)11-9-14(3)4/h7,9,11,13,20H,1,3,8,10,12H2,2,4-6H3. The van der Waals surface area contributed by atoms with E-state index in [2.05, 4.69) is 13.2 Å². The lowest BCUT2D eigenvalue weighted by molar-refractivity contribution is -0.114. The van der Waals surface area contributed by atoms with Gasteiger partial charge in [-0.05, 0) is 45.3 Å². The molecule has 0 bridgehead atoms. The Labute approximate surface area is 134 Å². The fraction of sp³-hybridized carbons (Fsp3) is 0.368.